The molecule has 1 heterocycles. The number of morpholine rings is 1. The largest absolute Gasteiger partial charge is 0.372 e. The highest BCUT2D eigenvalue weighted by molar-refractivity contribution is 5.90. The van der Waals surface area contributed by atoms with Gasteiger partial charge in [-0.1, -0.05) is 30.3 Å². The van der Waals surface area contributed by atoms with Crippen molar-refractivity contribution in [1.29, 1.82) is 0 Å². The third kappa shape index (κ3) is 5.33. The van der Waals surface area contributed by atoms with Gasteiger partial charge in [-0.05, 0) is 56.5 Å². The van der Waals surface area contributed by atoms with Crippen molar-refractivity contribution in [2.24, 2.45) is 0 Å². The van der Waals surface area contributed by atoms with Crippen LogP contribution in [0.15, 0.2) is 54.6 Å². The lowest BCUT2D eigenvalue weighted by atomic mass is 10.1. The van der Waals surface area contributed by atoms with Crippen LogP contribution in [0.1, 0.15) is 32.3 Å². The van der Waals surface area contributed by atoms with Crippen molar-refractivity contribution < 1.29 is 9.53 Å². The maximum absolute atomic E-state index is 12.1. The SMILES string of the molecule is CC1CN(c2ccc(NC(=O)CCCc3ccccc3)cc2)CC(C)O1. The number of rotatable bonds is 6. The summed E-state index contributed by atoms with van der Waals surface area (Å²) in [5.41, 5.74) is 3.31. The van der Waals surface area contributed by atoms with E-state index >= 15 is 0 Å². The first kappa shape index (κ1) is 18.5. The van der Waals surface area contributed by atoms with E-state index in [2.05, 4.69) is 48.3 Å². The number of nitrogens with zero attached hydrogens (tertiary/aromatic N) is 1. The van der Waals surface area contributed by atoms with E-state index in [1.165, 1.54) is 11.3 Å². The fraction of sp³-hybridized carbons (Fsp3) is 0.409. The third-order valence-corrected chi connectivity index (χ3v) is 4.65. The number of amides is 1. The highest BCUT2D eigenvalue weighted by atomic mass is 16.5. The predicted octanol–water partition coefficient (Wildman–Crippen LogP) is 4.26. The summed E-state index contributed by atoms with van der Waals surface area (Å²) in [6.45, 7) is 6.00. The number of benzene rings is 2. The van der Waals surface area contributed by atoms with E-state index in [-0.39, 0.29) is 18.1 Å². The van der Waals surface area contributed by atoms with Crippen molar-refractivity contribution in [2.45, 2.75) is 45.3 Å². The fourth-order valence-electron chi connectivity index (χ4n) is 3.47. The Kier molecular flexibility index (Phi) is 6.29. The Morgan fingerprint density at radius 2 is 1.69 bits per heavy atom. The number of hydrogen-bond acceptors (Lipinski definition) is 3. The van der Waals surface area contributed by atoms with E-state index in [4.69, 9.17) is 4.74 Å². The molecule has 3 rings (SSSR count). The number of ether oxygens (including phenoxy) is 1. The summed E-state index contributed by atoms with van der Waals surface area (Å²) in [5.74, 6) is 0.0716. The van der Waals surface area contributed by atoms with Gasteiger partial charge in [0.15, 0.2) is 0 Å². The molecular weight excluding hydrogens is 324 g/mol. The smallest absolute Gasteiger partial charge is 0.224 e. The first-order valence-corrected chi connectivity index (χ1v) is 9.44. The van der Waals surface area contributed by atoms with Gasteiger partial charge in [0.1, 0.15) is 0 Å². The van der Waals surface area contributed by atoms with E-state index in [9.17, 15) is 4.79 Å². The molecule has 1 N–H and O–H groups in total. The van der Waals surface area contributed by atoms with Gasteiger partial charge in [0.2, 0.25) is 5.91 Å². The van der Waals surface area contributed by atoms with E-state index < -0.39 is 0 Å². The zero-order chi connectivity index (χ0) is 18.4. The molecule has 0 radical (unpaired) electrons. The molecule has 1 aliphatic heterocycles. The van der Waals surface area contributed by atoms with Crippen molar-refractivity contribution in [1.82, 2.24) is 0 Å². The number of carbonyl (C=O) groups is 1. The quantitative estimate of drug-likeness (QED) is 0.844. The second-order valence-electron chi connectivity index (χ2n) is 7.10. The van der Waals surface area contributed by atoms with Gasteiger partial charge in [0.25, 0.3) is 0 Å². The molecule has 0 spiro atoms. The molecule has 4 nitrogen and oxygen atoms in total. The lowest BCUT2D eigenvalue weighted by Crippen LogP contribution is -2.45. The molecule has 0 aliphatic carbocycles. The monoisotopic (exact) mass is 352 g/mol. The van der Waals surface area contributed by atoms with Crippen molar-refractivity contribution in [2.75, 3.05) is 23.3 Å². The standard InChI is InChI=1S/C22H28N2O2/c1-17-15-24(16-18(2)26-17)21-13-11-20(12-14-21)23-22(25)10-6-9-19-7-4-3-5-8-19/h3-5,7-8,11-14,17-18H,6,9-10,15-16H2,1-2H3,(H,23,25). The Labute approximate surface area is 156 Å². The van der Waals surface area contributed by atoms with Crippen LogP contribution in [0.25, 0.3) is 0 Å². The molecule has 2 aromatic carbocycles. The van der Waals surface area contributed by atoms with E-state index in [1.807, 2.05) is 30.3 Å². The summed E-state index contributed by atoms with van der Waals surface area (Å²) in [6, 6.07) is 18.4. The molecule has 1 amide bonds. The fourth-order valence-corrected chi connectivity index (χ4v) is 3.47. The van der Waals surface area contributed by atoms with Gasteiger partial charge < -0.3 is 15.0 Å². The molecular formula is C22H28N2O2. The zero-order valence-corrected chi connectivity index (χ0v) is 15.7. The summed E-state index contributed by atoms with van der Waals surface area (Å²) >= 11 is 0. The Hall–Kier alpha value is -2.33. The summed E-state index contributed by atoms with van der Waals surface area (Å²) in [5, 5.41) is 2.99. The van der Waals surface area contributed by atoms with Gasteiger partial charge in [0.05, 0.1) is 12.2 Å². The minimum atomic E-state index is 0.0716. The van der Waals surface area contributed by atoms with Gasteiger partial charge in [-0.2, -0.15) is 0 Å². The first-order valence-electron chi connectivity index (χ1n) is 9.44. The molecule has 0 bridgehead atoms. The van der Waals surface area contributed by atoms with E-state index in [0.717, 1.165) is 31.6 Å². The number of nitrogens with one attached hydrogen (secondary N) is 1. The van der Waals surface area contributed by atoms with Crippen molar-refractivity contribution in [3.8, 4) is 0 Å². The summed E-state index contributed by atoms with van der Waals surface area (Å²) < 4.78 is 5.78. The molecule has 1 saturated heterocycles. The Balaban J connectivity index is 1.47. The predicted molar refractivity (Wildman–Crippen MR) is 107 cm³/mol. The maximum atomic E-state index is 12.1. The average molecular weight is 352 g/mol. The van der Waals surface area contributed by atoms with Crippen LogP contribution < -0.4 is 10.2 Å². The first-order chi connectivity index (χ1) is 12.6. The van der Waals surface area contributed by atoms with Gasteiger partial charge in [-0.3, -0.25) is 4.79 Å². The lowest BCUT2D eigenvalue weighted by Gasteiger charge is -2.36. The van der Waals surface area contributed by atoms with E-state index in [1.54, 1.807) is 0 Å². The Morgan fingerprint density at radius 1 is 1.04 bits per heavy atom. The van der Waals surface area contributed by atoms with Gasteiger partial charge in [-0.25, -0.2) is 0 Å². The highest BCUT2D eigenvalue weighted by Crippen LogP contribution is 2.22. The summed E-state index contributed by atoms with van der Waals surface area (Å²) in [4.78, 5) is 14.5. The van der Waals surface area contributed by atoms with Crippen LogP contribution in [0.5, 0.6) is 0 Å². The van der Waals surface area contributed by atoms with Crippen LogP contribution >= 0.6 is 0 Å². The highest BCUT2D eigenvalue weighted by Gasteiger charge is 2.22. The molecule has 2 atom stereocenters. The minimum absolute atomic E-state index is 0.0716. The summed E-state index contributed by atoms with van der Waals surface area (Å²) in [6.07, 6.45) is 2.80. The van der Waals surface area contributed by atoms with Crippen molar-refractivity contribution in [3.63, 3.8) is 0 Å². The lowest BCUT2D eigenvalue weighted by molar-refractivity contribution is -0.116. The molecule has 2 unspecified atom stereocenters. The molecule has 2 aromatic rings. The van der Waals surface area contributed by atoms with Crippen LogP contribution in [0.2, 0.25) is 0 Å². The second kappa shape index (κ2) is 8.86. The Morgan fingerprint density at radius 3 is 2.35 bits per heavy atom. The van der Waals surface area contributed by atoms with Gasteiger partial charge >= 0.3 is 0 Å². The van der Waals surface area contributed by atoms with Gasteiger partial charge in [-0.15, -0.1) is 0 Å². The minimum Gasteiger partial charge on any atom is -0.372 e. The number of anilines is 2. The zero-order valence-electron chi connectivity index (χ0n) is 15.7. The molecule has 0 aromatic heterocycles. The van der Waals surface area contributed by atoms with Crippen LogP contribution in [0, 0.1) is 0 Å². The third-order valence-electron chi connectivity index (χ3n) is 4.65. The van der Waals surface area contributed by atoms with Crippen LogP contribution in [-0.4, -0.2) is 31.2 Å². The molecule has 138 valence electrons. The number of aryl methyl sites for hydroxylation is 1. The molecule has 1 fully saturated rings. The average Bonchev–Trinajstić information content (AvgIpc) is 2.62. The van der Waals surface area contributed by atoms with Crippen LogP contribution in [-0.2, 0) is 16.0 Å². The second-order valence-corrected chi connectivity index (χ2v) is 7.10. The molecule has 4 heteroatoms. The van der Waals surface area contributed by atoms with Crippen LogP contribution in [0.4, 0.5) is 11.4 Å². The number of carbonyl (C=O) groups excluding carboxylic acids is 1. The van der Waals surface area contributed by atoms with Gasteiger partial charge in [0, 0.05) is 30.9 Å². The normalized spacial score (nSPS) is 20.0. The summed E-state index contributed by atoms with van der Waals surface area (Å²) in [7, 11) is 0. The molecule has 1 aliphatic rings. The maximum Gasteiger partial charge on any atom is 0.224 e. The number of hydrogen-bond donors (Lipinski definition) is 1. The van der Waals surface area contributed by atoms with Crippen molar-refractivity contribution >= 4 is 17.3 Å². The molecule has 26 heavy (non-hydrogen) atoms. The van der Waals surface area contributed by atoms with Crippen molar-refractivity contribution in [3.05, 3.63) is 60.2 Å². The topological polar surface area (TPSA) is 41.6 Å². The van der Waals surface area contributed by atoms with E-state index in [0.29, 0.717) is 6.42 Å². The van der Waals surface area contributed by atoms with Crippen LogP contribution in [0.3, 0.4) is 0 Å². The molecule has 0 saturated carbocycles. The Bertz CT molecular complexity index is 690.